The average molecular weight is 257 g/mol. The van der Waals surface area contributed by atoms with E-state index in [1.807, 2.05) is 11.8 Å². The minimum absolute atomic E-state index is 0.243. The van der Waals surface area contributed by atoms with Gasteiger partial charge in [-0.2, -0.15) is 0 Å². The Kier molecular flexibility index (Phi) is 4.41. The van der Waals surface area contributed by atoms with E-state index in [0.29, 0.717) is 12.5 Å². The maximum Gasteiger partial charge on any atom is 0.222 e. The van der Waals surface area contributed by atoms with Crippen LogP contribution in [0.4, 0.5) is 0 Å². The largest absolute Gasteiger partial charge is 0.415 e. The van der Waals surface area contributed by atoms with Crippen LogP contribution in [-0.4, -0.2) is 38.3 Å². The molecule has 0 N–H and O–H groups in total. The van der Waals surface area contributed by atoms with Crippen LogP contribution in [0, 0.1) is 0 Å². The van der Waals surface area contributed by atoms with Gasteiger partial charge in [-0.25, -0.2) is 0 Å². The van der Waals surface area contributed by atoms with Gasteiger partial charge in [0.05, 0.1) is 12.6 Å². The summed E-state index contributed by atoms with van der Waals surface area (Å²) < 4.78 is 6.20. The molecule has 1 aliphatic rings. The summed E-state index contributed by atoms with van der Waals surface area (Å²) in [7, 11) is -1.67. The van der Waals surface area contributed by atoms with E-state index < -0.39 is 8.32 Å². The molecule has 0 aromatic rings. The lowest BCUT2D eigenvalue weighted by atomic mass is 10.2. The quantitative estimate of drug-likeness (QED) is 0.725. The Bertz CT molecular complexity index is 284. The molecule has 1 heterocycles. The predicted octanol–water partition coefficient (Wildman–Crippen LogP) is 3.02. The Hall–Kier alpha value is -0.353. The van der Waals surface area contributed by atoms with Crippen molar-refractivity contribution in [3.8, 4) is 0 Å². The van der Waals surface area contributed by atoms with Crippen molar-refractivity contribution in [2.75, 3.05) is 13.2 Å². The third-order valence-corrected chi connectivity index (χ3v) is 8.74. The summed E-state index contributed by atoms with van der Waals surface area (Å²) in [5.41, 5.74) is 0. The summed E-state index contributed by atoms with van der Waals surface area (Å²) in [6.45, 7) is 14.8. The summed E-state index contributed by atoms with van der Waals surface area (Å²) in [6, 6.07) is 0.307. The van der Waals surface area contributed by atoms with Crippen LogP contribution in [-0.2, 0) is 9.22 Å². The maximum absolute atomic E-state index is 11.6. The zero-order valence-corrected chi connectivity index (χ0v) is 13.2. The Morgan fingerprint density at radius 1 is 1.41 bits per heavy atom. The van der Waals surface area contributed by atoms with Gasteiger partial charge in [0.25, 0.3) is 0 Å². The van der Waals surface area contributed by atoms with Gasteiger partial charge in [0.2, 0.25) is 5.91 Å². The standard InChI is InChI=1S/C13H27NO2Si/c1-7-14-11(8-9-12(14)15)10-16-17(5,6)13(2,3)4/h11H,7-10H2,1-6H3/t11-/m1/s1. The number of hydrogen-bond donors (Lipinski definition) is 0. The first kappa shape index (κ1) is 14.7. The number of hydrogen-bond acceptors (Lipinski definition) is 2. The molecule has 0 aromatic carbocycles. The van der Waals surface area contributed by atoms with Crippen LogP contribution in [0.15, 0.2) is 0 Å². The smallest absolute Gasteiger partial charge is 0.222 e. The molecule has 0 aromatic heterocycles. The van der Waals surface area contributed by atoms with Crippen molar-refractivity contribution in [1.82, 2.24) is 4.90 Å². The highest BCUT2D eigenvalue weighted by molar-refractivity contribution is 6.74. The van der Waals surface area contributed by atoms with Gasteiger partial charge in [-0.1, -0.05) is 20.8 Å². The third kappa shape index (κ3) is 3.32. The van der Waals surface area contributed by atoms with Crippen LogP contribution in [0.1, 0.15) is 40.5 Å². The van der Waals surface area contributed by atoms with Gasteiger partial charge in [0.1, 0.15) is 0 Å². The van der Waals surface area contributed by atoms with Crippen molar-refractivity contribution in [2.24, 2.45) is 0 Å². The van der Waals surface area contributed by atoms with Crippen LogP contribution < -0.4 is 0 Å². The number of likely N-dealkylation sites (tertiary alicyclic amines) is 1. The molecule has 0 radical (unpaired) electrons. The van der Waals surface area contributed by atoms with E-state index in [1.54, 1.807) is 0 Å². The van der Waals surface area contributed by atoms with E-state index in [9.17, 15) is 4.79 Å². The SMILES string of the molecule is CCN1C(=O)CC[C@@H]1CO[Si](C)(C)C(C)(C)C. The molecule has 1 fully saturated rings. The van der Waals surface area contributed by atoms with Gasteiger partial charge in [-0.15, -0.1) is 0 Å². The molecular formula is C13H27NO2Si. The molecular weight excluding hydrogens is 230 g/mol. The zero-order valence-electron chi connectivity index (χ0n) is 12.2. The maximum atomic E-state index is 11.6. The highest BCUT2D eigenvalue weighted by atomic mass is 28.4. The van der Waals surface area contributed by atoms with Crippen molar-refractivity contribution in [3.63, 3.8) is 0 Å². The van der Waals surface area contributed by atoms with Crippen molar-refractivity contribution in [1.29, 1.82) is 0 Å². The Morgan fingerprint density at radius 2 is 2.00 bits per heavy atom. The summed E-state index contributed by atoms with van der Waals surface area (Å²) in [6.07, 6.45) is 1.65. The van der Waals surface area contributed by atoms with Crippen molar-refractivity contribution < 1.29 is 9.22 Å². The number of likely N-dealkylation sites (N-methyl/N-ethyl adjacent to an activating group) is 1. The molecule has 3 nitrogen and oxygen atoms in total. The Labute approximate surface area is 107 Å². The lowest BCUT2D eigenvalue weighted by Gasteiger charge is -2.37. The van der Waals surface area contributed by atoms with Gasteiger partial charge < -0.3 is 9.33 Å². The molecule has 17 heavy (non-hydrogen) atoms. The Balaban J connectivity index is 2.54. The molecule has 0 bridgehead atoms. The second kappa shape index (κ2) is 5.10. The molecule has 1 saturated heterocycles. The van der Waals surface area contributed by atoms with E-state index in [1.165, 1.54) is 0 Å². The fourth-order valence-corrected chi connectivity index (χ4v) is 2.96. The lowest BCUT2D eigenvalue weighted by Crippen LogP contribution is -2.45. The summed E-state index contributed by atoms with van der Waals surface area (Å²) in [4.78, 5) is 13.6. The first-order chi connectivity index (χ1) is 7.69. The van der Waals surface area contributed by atoms with Gasteiger partial charge in [0.15, 0.2) is 8.32 Å². The minimum Gasteiger partial charge on any atom is -0.415 e. The molecule has 0 unspecified atom stereocenters. The summed E-state index contributed by atoms with van der Waals surface area (Å²) in [5, 5.41) is 0.243. The third-order valence-electron chi connectivity index (χ3n) is 4.24. The van der Waals surface area contributed by atoms with E-state index in [0.717, 1.165) is 19.6 Å². The molecule has 0 saturated carbocycles. The number of nitrogens with zero attached hydrogens (tertiary/aromatic N) is 1. The highest BCUT2D eigenvalue weighted by Crippen LogP contribution is 2.37. The normalized spacial score (nSPS) is 22.4. The van der Waals surface area contributed by atoms with Gasteiger partial charge in [-0.3, -0.25) is 4.79 Å². The van der Waals surface area contributed by atoms with Crippen LogP contribution in [0.25, 0.3) is 0 Å². The number of rotatable bonds is 4. The van der Waals surface area contributed by atoms with E-state index in [-0.39, 0.29) is 10.9 Å². The lowest BCUT2D eigenvalue weighted by molar-refractivity contribution is -0.129. The van der Waals surface area contributed by atoms with E-state index >= 15 is 0 Å². The number of carbonyl (C=O) groups is 1. The molecule has 1 amide bonds. The topological polar surface area (TPSA) is 29.5 Å². The van der Waals surface area contributed by atoms with Crippen molar-refractivity contribution in [2.45, 2.75) is 64.7 Å². The van der Waals surface area contributed by atoms with Crippen LogP contribution in [0.2, 0.25) is 18.1 Å². The minimum atomic E-state index is -1.67. The number of amides is 1. The molecule has 0 aliphatic carbocycles. The second-order valence-corrected chi connectivity index (χ2v) is 11.3. The summed E-state index contributed by atoms with van der Waals surface area (Å²) in [5.74, 6) is 0.288. The molecule has 1 aliphatic heterocycles. The molecule has 0 spiro atoms. The number of carbonyl (C=O) groups excluding carboxylic acids is 1. The second-order valence-electron chi connectivity index (χ2n) is 6.44. The molecule has 100 valence electrons. The van der Waals surface area contributed by atoms with Crippen LogP contribution in [0.3, 0.4) is 0 Å². The monoisotopic (exact) mass is 257 g/mol. The van der Waals surface area contributed by atoms with Crippen LogP contribution >= 0.6 is 0 Å². The van der Waals surface area contributed by atoms with Crippen molar-refractivity contribution >= 4 is 14.2 Å². The molecule has 1 atom stereocenters. The van der Waals surface area contributed by atoms with Gasteiger partial charge in [0, 0.05) is 13.0 Å². The zero-order chi connectivity index (χ0) is 13.3. The first-order valence-electron chi connectivity index (χ1n) is 6.62. The van der Waals surface area contributed by atoms with Gasteiger partial charge >= 0.3 is 0 Å². The predicted molar refractivity (Wildman–Crippen MR) is 73.6 cm³/mol. The van der Waals surface area contributed by atoms with Crippen LogP contribution in [0.5, 0.6) is 0 Å². The Morgan fingerprint density at radius 3 is 2.47 bits per heavy atom. The highest BCUT2D eigenvalue weighted by Gasteiger charge is 2.39. The van der Waals surface area contributed by atoms with Gasteiger partial charge in [-0.05, 0) is 31.5 Å². The van der Waals surface area contributed by atoms with E-state index in [2.05, 4.69) is 33.9 Å². The van der Waals surface area contributed by atoms with Crippen molar-refractivity contribution in [3.05, 3.63) is 0 Å². The van der Waals surface area contributed by atoms with E-state index in [4.69, 9.17) is 4.43 Å². The summed E-state index contributed by atoms with van der Waals surface area (Å²) >= 11 is 0. The first-order valence-corrected chi connectivity index (χ1v) is 9.53. The molecule has 4 heteroatoms. The fourth-order valence-electron chi connectivity index (χ4n) is 1.92. The average Bonchev–Trinajstić information content (AvgIpc) is 2.54. The molecule has 1 rings (SSSR count). The fraction of sp³-hybridized carbons (Fsp3) is 0.923.